The number of aromatic nitrogens is 5. The van der Waals surface area contributed by atoms with Gasteiger partial charge in [0.25, 0.3) is 5.78 Å². The molecule has 0 bridgehead atoms. The van der Waals surface area contributed by atoms with Gasteiger partial charge in [-0.3, -0.25) is 4.79 Å². The van der Waals surface area contributed by atoms with E-state index in [4.69, 9.17) is 4.74 Å². The second-order valence-electron chi connectivity index (χ2n) is 4.47. The summed E-state index contributed by atoms with van der Waals surface area (Å²) in [6, 6.07) is 7.01. The van der Waals surface area contributed by atoms with Crippen LogP contribution in [0, 0.1) is 6.92 Å². The van der Waals surface area contributed by atoms with Crippen molar-refractivity contribution in [3.63, 3.8) is 0 Å². The lowest BCUT2D eigenvalue weighted by Gasteiger charge is -2.08. The Morgan fingerprint density at radius 2 is 2.05 bits per heavy atom. The third-order valence-electron chi connectivity index (χ3n) is 3.22. The molecule has 8 heteroatoms. The van der Waals surface area contributed by atoms with Crippen molar-refractivity contribution in [1.82, 2.24) is 24.8 Å². The van der Waals surface area contributed by atoms with E-state index >= 15 is 0 Å². The molecule has 2 aromatic heterocycles. The van der Waals surface area contributed by atoms with Crippen LogP contribution in [-0.4, -0.2) is 43.9 Å². The number of rotatable bonds is 4. The van der Waals surface area contributed by atoms with Crippen molar-refractivity contribution in [2.24, 2.45) is 0 Å². The molecule has 0 fully saturated rings. The van der Waals surface area contributed by atoms with E-state index in [1.54, 1.807) is 31.2 Å². The first-order chi connectivity index (χ1) is 10.7. The topological polar surface area (TPSA) is 82.3 Å². The van der Waals surface area contributed by atoms with Crippen molar-refractivity contribution in [2.45, 2.75) is 12.1 Å². The molecule has 2 heterocycles. The third kappa shape index (κ3) is 2.31. The first-order valence-electron chi connectivity index (χ1n) is 6.47. The molecule has 3 rings (SSSR count). The van der Waals surface area contributed by atoms with Gasteiger partial charge >= 0.3 is 0 Å². The van der Waals surface area contributed by atoms with Gasteiger partial charge < -0.3 is 4.74 Å². The Bertz CT molecular complexity index is 862. The Morgan fingerprint density at radius 1 is 1.27 bits per heavy atom. The highest BCUT2D eigenvalue weighted by Crippen LogP contribution is 2.21. The van der Waals surface area contributed by atoms with Gasteiger partial charge in [0.1, 0.15) is 5.75 Å². The fourth-order valence-electron chi connectivity index (χ4n) is 2.10. The molecule has 7 nitrogen and oxygen atoms in total. The summed E-state index contributed by atoms with van der Waals surface area (Å²) in [6.07, 6.45) is 1.87. The van der Waals surface area contributed by atoms with Gasteiger partial charge in [0.2, 0.25) is 10.9 Å². The molecule has 0 aliphatic rings. The molecule has 0 unspecified atom stereocenters. The molecule has 22 heavy (non-hydrogen) atoms. The molecule has 0 radical (unpaired) electrons. The molecule has 0 aliphatic heterocycles. The van der Waals surface area contributed by atoms with Crippen molar-refractivity contribution in [3.8, 4) is 5.75 Å². The number of fused-ring (bicyclic) bond motifs is 1. The Kier molecular flexibility index (Phi) is 3.76. The van der Waals surface area contributed by atoms with E-state index in [0.717, 1.165) is 0 Å². The van der Waals surface area contributed by atoms with E-state index in [1.807, 2.05) is 6.26 Å². The molecule has 0 N–H and O–H groups in total. The van der Waals surface area contributed by atoms with Gasteiger partial charge in [-0.25, -0.2) is 0 Å². The van der Waals surface area contributed by atoms with Gasteiger partial charge in [-0.2, -0.15) is 9.50 Å². The van der Waals surface area contributed by atoms with Crippen LogP contribution in [0.5, 0.6) is 5.75 Å². The normalized spacial score (nSPS) is 10.9. The summed E-state index contributed by atoms with van der Waals surface area (Å²) in [7, 11) is 1.52. The number of hydrogen-bond donors (Lipinski definition) is 0. The Hall–Kier alpha value is -2.48. The fourth-order valence-corrected chi connectivity index (χ4v) is 2.43. The number of methoxy groups -OCH3 is 1. The minimum absolute atomic E-state index is 0.231. The number of aryl methyl sites for hydroxylation is 1. The molecule has 0 aliphatic carbocycles. The minimum atomic E-state index is -0.259. The number of carbonyl (C=O) groups is 1. The number of thioether (sulfide) groups is 1. The minimum Gasteiger partial charge on any atom is -0.496 e. The number of ketones is 1. The monoisotopic (exact) mass is 315 g/mol. The van der Waals surface area contributed by atoms with E-state index in [-0.39, 0.29) is 11.5 Å². The predicted octanol–water partition coefficient (Wildman–Crippen LogP) is 1.79. The Morgan fingerprint density at radius 3 is 2.77 bits per heavy atom. The van der Waals surface area contributed by atoms with Gasteiger partial charge in [0.15, 0.2) is 5.69 Å². The number of ether oxygens (including phenoxy) is 1. The highest BCUT2D eigenvalue weighted by atomic mass is 32.2. The number of nitrogens with zero attached hydrogens (tertiary/aromatic N) is 5. The molecule has 0 saturated heterocycles. The van der Waals surface area contributed by atoms with E-state index in [9.17, 15) is 4.79 Å². The molecule has 1 aromatic carbocycles. The second-order valence-corrected chi connectivity index (χ2v) is 5.25. The van der Waals surface area contributed by atoms with Crippen molar-refractivity contribution in [2.75, 3.05) is 13.4 Å². The van der Waals surface area contributed by atoms with Crippen LogP contribution < -0.4 is 4.74 Å². The number of carbonyl (C=O) groups excluding carboxylic acids is 1. The van der Waals surface area contributed by atoms with Crippen LogP contribution in [0.15, 0.2) is 29.4 Å². The van der Waals surface area contributed by atoms with Crippen LogP contribution in [0.2, 0.25) is 0 Å². The molecule has 0 saturated carbocycles. The molecule has 0 atom stereocenters. The van der Waals surface area contributed by atoms with Crippen LogP contribution in [-0.2, 0) is 0 Å². The van der Waals surface area contributed by atoms with Gasteiger partial charge in [0, 0.05) is 0 Å². The van der Waals surface area contributed by atoms with Crippen LogP contribution in [0.1, 0.15) is 21.7 Å². The average molecular weight is 315 g/mol. The van der Waals surface area contributed by atoms with Crippen molar-refractivity contribution in [1.29, 1.82) is 0 Å². The van der Waals surface area contributed by atoms with Crippen LogP contribution in [0.25, 0.3) is 5.78 Å². The van der Waals surface area contributed by atoms with Crippen LogP contribution in [0.4, 0.5) is 0 Å². The molecule has 3 aromatic rings. The number of para-hydroxylation sites is 1. The quantitative estimate of drug-likeness (QED) is 0.536. The van der Waals surface area contributed by atoms with E-state index in [1.165, 1.54) is 23.4 Å². The lowest BCUT2D eigenvalue weighted by atomic mass is 10.1. The SMILES string of the molecule is COc1ccccc1C(=O)c1nnc2nc(SC)nn2c1C. The summed E-state index contributed by atoms with van der Waals surface area (Å²) in [5.74, 6) is 0.612. The van der Waals surface area contributed by atoms with Crippen LogP contribution in [0.3, 0.4) is 0 Å². The smallest absolute Gasteiger partial charge is 0.272 e. The molecular weight excluding hydrogens is 302 g/mol. The van der Waals surface area contributed by atoms with E-state index in [2.05, 4.69) is 20.3 Å². The molecule has 0 amide bonds. The summed E-state index contributed by atoms with van der Waals surface area (Å²) in [5.41, 5.74) is 1.26. The molecule has 0 spiro atoms. The number of benzene rings is 1. The summed E-state index contributed by atoms with van der Waals surface area (Å²) >= 11 is 1.40. The second kappa shape index (κ2) is 5.72. The lowest BCUT2D eigenvalue weighted by Crippen LogP contribution is -2.13. The zero-order valence-electron chi connectivity index (χ0n) is 12.3. The summed E-state index contributed by atoms with van der Waals surface area (Å²) in [5, 5.41) is 12.9. The highest BCUT2D eigenvalue weighted by molar-refractivity contribution is 7.98. The third-order valence-corrected chi connectivity index (χ3v) is 3.76. The van der Waals surface area contributed by atoms with Crippen LogP contribution >= 0.6 is 11.8 Å². The maximum Gasteiger partial charge on any atom is 0.272 e. The first-order valence-corrected chi connectivity index (χ1v) is 7.70. The largest absolute Gasteiger partial charge is 0.496 e. The zero-order valence-corrected chi connectivity index (χ0v) is 13.1. The van der Waals surface area contributed by atoms with E-state index in [0.29, 0.717) is 27.9 Å². The van der Waals surface area contributed by atoms with Gasteiger partial charge in [0.05, 0.1) is 18.4 Å². The summed E-state index contributed by atoms with van der Waals surface area (Å²) < 4.78 is 6.76. The Balaban J connectivity index is 2.13. The lowest BCUT2D eigenvalue weighted by molar-refractivity contribution is 0.102. The molecular formula is C14H13N5O2S. The predicted molar refractivity (Wildman–Crippen MR) is 81.5 cm³/mol. The van der Waals surface area contributed by atoms with Gasteiger partial charge in [-0.15, -0.1) is 15.3 Å². The standard InChI is InChI=1S/C14H13N5O2S/c1-8-11(12(20)9-6-4-5-7-10(9)21-2)16-17-13-15-14(22-3)18-19(8)13/h4-7H,1-3H3. The highest BCUT2D eigenvalue weighted by Gasteiger charge is 2.21. The summed E-state index contributed by atoms with van der Waals surface area (Å²) in [4.78, 5) is 16.9. The fraction of sp³-hybridized carbons (Fsp3) is 0.214. The first kappa shape index (κ1) is 14.5. The zero-order chi connectivity index (χ0) is 15.7. The average Bonchev–Trinajstić information content (AvgIpc) is 2.99. The summed E-state index contributed by atoms with van der Waals surface area (Å²) in [6.45, 7) is 1.77. The van der Waals surface area contributed by atoms with Gasteiger partial charge in [-0.1, -0.05) is 23.9 Å². The van der Waals surface area contributed by atoms with Crippen molar-refractivity contribution in [3.05, 3.63) is 41.2 Å². The molecule has 112 valence electrons. The maximum absolute atomic E-state index is 12.7. The van der Waals surface area contributed by atoms with E-state index < -0.39 is 0 Å². The number of hydrogen-bond acceptors (Lipinski definition) is 7. The van der Waals surface area contributed by atoms with Crippen molar-refractivity contribution >= 4 is 23.3 Å². The van der Waals surface area contributed by atoms with Crippen molar-refractivity contribution < 1.29 is 9.53 Å². The Labute approximate surface area is 130 Å². The van der Waals surface area contributed by atoms with Gasteiger partial charge in [-0.05, 0) is 25.3 Å². The maximum atomic E-state index is 12.7.